The minimum absolute atomic E-state index is 0.278. The summed E-state index contributed by atoms with van der Waals surface area (Å²) in [7, 11) is 3.50. The molecule has 4 nitrogen and oxygen atoms in total. The minimum Gasteiger partial charge on any atom is -0.463 e. The van der Waals surface area contributed by atoms with E-state index >= 15 is 0 Å². The van der Waals surface area contributed by atoms with E-state index in [0.29, 0.717) is 6.61 Å². The van der Waals surface area contributed by atoms with Gasteiger partial charge in [0.1, 0.15) is 0 Å². The monoisotopic (exact) mass is 205 g/mol. The topological polar surface area (TPSA) is 38.8 Å². The highest BCUT2D eigenvalue weighted by Crippen LogP contribution is 1.98. The number of carbonyl (C=O) groups excluding carboxylic acids is 1. The molecule has 0 saturated carbocycles. The molecule has 0 radical (unpaired) electrons. The summed E-state index contributed by atoms with van der Waals surface area (Å²) < 4.78 is 9.85. The molecule has 0 rings (SSSR count). The van der Waals surface area contributed by atoms with E-state index in [4.69, 9.17) is 21.7 Å². The highest BCUT2D eigenvalue weighted by atomic mass is 32.1. The molecule has 0 amide bonds. The molecule has 0 aromatic rings. The van der Waals surface area contributed by atoms with E-state index in [2.05, 4.69) is 0 Å². The molecule has 0 aliphatic heterocycles. The number of nitrogens with zero attached hydrogens (tertiary/aromatic N) is 1. The fourth-order valence-corrected chi connectivity index (χ4v) is 0.709. The number of rotatable bonds is 3. The smallest absolute Gasteiger partial charge is 0.347 e. The van der Waals surface area contributed by atoms with Gasteiger partial charge in [-0.3, -0.25) is 0 Å². The lowest BCUT2D eigenvalue weighted by Gasteiger charge is -2.18. The van der Waals surface area contributed by atoms with Crippen LogP contribution >= 0.6 is 12.2 Å². The van der Waals surface area contributed by atoms with Gasteiger partial charge in [0, 0.05) is 14.1 Å². The molecule has 0 spiro atoms. The predicted molar refractivity (Wildman–Crippen MR) is 53.5 cm³/mol. The second kappa shape index (κ2) is 5.75. The van der Waals surface area contributed by atoms with Crippen LogP contribution in [0.2, 0.25) is 0 Å². The first-order chi connectivity index (χ1) is 5.99. The zero-order chi connectivity index (χ0) is 10.4. The number of ether oxygens (including phenoxy) is 2. The minimum atomic E-state index is -0.644. The molecule has 0 saturated heterocycles. The summed E-state index contributed by atoms with van der Waals surface area (Å²) >= 11 is 4.85. The maximum atomic E-state index is 11.1. The summed E-state index contributed by atoms with van der Waals surface area (Å²) in [6.07, 6.45) is -0.644. The first-order valence-electron chi connectivity index (χ1n) is 4.03. The number of carbonyl (C=O) groups is 1. The normalized spacial score (nSPS) is 11.7. The van der Waals surface area contributed by atoms with Crippen molar-refractivity contribution in [3.63, 3.8) is 0 Å². The van der Waals surface area contributed by atoms with Crippen LogP contribution < -0.4 is 0 Å². The fourth-order valence-electron chi connectivity index (χ4n) is 0.564. The van der Waals surface area contributed by atoms with Crippen LogP contribution in [0.4, 0.5) is 0 Å². The maximum absolute atomic E-state index is 11.1. The molecule has 0 aromatic carbocycles. The van der Waals surface area contributed by atoms with Crippen LogP contribution in [0, 0.1) is 0 Å². The van der Waals surface area contributed by atoms with Crippen molar-refractivity contribution in [2.75, 3.05) is 20.7 Å². The van der Waals surface area contributed by atoms with Crippen molar-refractivity contribution in [3.8, 4) is 0 Å². The Morgan fingerprint density at radius 1 is 1.54 bits per heavy atom. The second-order valence-corrected chi connectivity index (χ2v) is 3.02. The van der Waals surface area contributed by atoms with Crippen molar-refractivity contribution in [1.82, 2.24) is 4.90 Å². The number of esters is 1. The Hall–Kier alpha value is -0.840. The van der Waals surface area contributed by atoms with E-state index in [9.17, 15) is 4.79 Å². The Kier molecular flexibility index (Phi) is 5.37. The first-order valence-corrected chi connectivity index (χ1v) is 4.44. The number of hydrogen-bond donors (Lipinski definition) is 0. The number of thiocarbonyl (C=S) groups is 1. The van der Waals surface area contributed by atoms with Gasteiger partial charge in [-0.2, -0.15) is 0 Å². The van der Waals surface area contributed by atoms with Gasteiger partial charge < -0.3 is 14.4 Å². The van der Waals surface area contributed by atoms with Gasteiger partial charge in [-0.05, 0) is 26.1 Å². The molecular formula is C8H15NO3S. The van der Waals surface area contributed by atoms with E-state index in [1.54, 1.807) is 32.8 Å². The van der Waals surface area contributed by atoms with Crippen molar-refractivity contribution in [2.45, 2.75) is 20.0 Å². The van der Waals surface area contributed by atoms with Crippen LogP contribution in [-0.2, 0) is 14.3 Å². The van der Waals surface area contributed by atoms with Gasteiger partial charge >= 0.3 is 5.97 Å². The molecule has 0 N–H and O–H groups in total. The molecule has 0 bridgehead atoms. The van der Waals surface area contributed by atoms with Crippen LogP contribution in [0.25, 0.3) is 0 Å². The summed E-state index contributed by atoms with van der Waals surface area (Å²) in [4.78, 5) is 12.7. The largest absolute Gasteiger partial charge is 0.463 e. The Balaban J connectivity index is 3.92. The average Bonchev–Trinajstić information content (AvgIpc) is 2.04. The molecule has 0 fully saturated rings. The van der Waals surface area contributed by atoms with Crippen LogP contribution in [-0.4, -0.2) is 42.8 Å². The SMILES string of the molecule is CCOC(=O)[C@@H](C)OC(=S)N(C)C. The Labute approximate surface area is 83.8 Å². The summed E-state index contributed by atoms with van der Waals surface area (Å²) in [6, 6.07) is 0. The second-order valence-electron chi connectivity index (χ2n) is 2.67. The van der Waals surface area contributed by atoms with Crippen molar-refractivity contribution in [3.05, 3.63) is 0 Å². The van der Waals surface area contributed by atoms with E-state index in [1.165, 1.54) is 0 Å². The van der Waals surface area contributed by atoms with Crippen molar-refractivity contribution >= 4 is 23.4 Å². The standard InChI is InChI=1S/C8H15NO3S/c1-5-11-7(10)6(2)12-8(13)9(3)4/h6H,5H2,1-4H3/t6-/m1/s1. The third-order valence-electron chi connectivity index (χ3n) is 1.26. The molecule has 0 aliphatic rings. The summed E-state index contributed by atoms with van der Waals surface area (Å²) in [5.74, 6) is -0.397. The van der Waals surface area contributed by atoms with Crippen LogP contribution in [0.3, 0.4) is 0 Å². The lowest BCUT2D eigenvalue weighted by Crippen LogP contribution is -2.31. The third kappa shape index (κ3) is 4.67. The van der Waals surface area contributed by atoms with Crippen LogP contribution in [0.5, 0.6) is 0 Å². The quantitative estimate of drug-likeness (QED) is 0.503. The molecule has 0 aromatic heterocycles. The molecule has 0 unspecified atom stereocenters. The summed E-state index contributed by atoms with van der Waals surface area (Å²) in [6.45, 7) is 3.70. The van der Waals surface area contributed by atoms with Gasteiger partial charge in [0.15, 0.2) is 6.10 Å². The van der Waals surface area contributed by atoms with Gasteiger partial charge in [-0.25, -0.2) is 4.79 Å². The highest BCUT2D eigenvalue weighted by Gasteiger charge is 2.17. The Morgan fingerprint density at radius 2 is 2.08 bits per heavy atom. The predicted octanol–water partition coefficient (Wildman–Crippen LogP) is 0.801. The zero-order valence-corrected chi connectivity index (χ0v) is 9.18. The van der Waals surface area contributed by atoms with Gasteiger partial charge in [0.25, 0.3) is 5.17 Å². The first kappa shape index (κ1) is 12.2. The van der Waals surface area contributed by atoms with Crippen LogP contribution in [0.15, 0.2) is 0 Å². The van der Waals surface area contributed by atoms with Crippen molar-refractivity contribution < 1.29 is 14.3 Å². The van der Waals surface area contributed by atoms with Gasteiger partial charge in [0.05, 0.1) is 6.61 Å². The zero-order valence-electron chi connectivity index (χ0n) is 8.36. The van der Waals surface area contributed by atoms with E-state index < -0.39 is 12.1 Å². The maximum Gasteiger partial charge on any atom is 0.347 e. The van der Waals surface area contributed by atoms with E-state index in [-0.39, 0.29) is 5.17 Å². The van der Waals surface area contributed by atoms with Crippen LogP contribution in [0.1, 0.15) is 13.8 Å². The average molecular weight is 205 g/mol. The Morgan fingerprint density at radius 3 is 2.46 bits per heavy atom. The van der Waals surface area contributed by atoms with Crippen molar-refractivity contribution in [1.29, 1.82) is 0 Å². The molecule has 76 valence electrons. The lowest BCUT2D eigenvalue weighted by molar-refractivity contribution is -0.151. The molecule has 0 heterocycles. The van der Waals surface area contributed by atoms with E-state index in [0.717, 1.165) is 0 Å². The van der Waals surface area contributed by atoms with E-state index in [1.807, 2.05) is 0 Å². The summed E-state index contributed by atoms with van der Waals surface area (Å²) in [5, 5.41) is 0.278. The van der Waals surface area contributed by atoms with Gasteiger partial charge in [0.2, 0.25) is 0 Å². The highest BCUT2D eigenvalue weighted by molar-refractivity contribution is 7.80. The molecular weight excluding hydrogens is 190 g/mol. The van der Waals surface area contributed by atoms with Crippen molar-refractivity contribution in [2.24, 2.45) is 0 Å². The Bertz CT molecular complexity index is 194. The molecule has 13 heavy (non-hydrogen) atoms. The molecule has 0 aliphatic carbocycles. The fraction of sp³-hybridized carbons (Fsp3) is 0.750. The van der Waals surface area contributed by atoms with Gasteiger partial charge in [-0.1, -0.05) is 0 Å². The summed E-state index contributed by atoms with van der Waals surface area (Å²) in [5.41, 5.74) is 0. The molecule has 5 heteroatoms. The lowest BCUT2D eigenvalue weighted by atomic mass is 10.4. The third-order valence-corrected chi connectivity index (χ3v) is 1.72. The van der Waals surface area contributed by atoms with Gasteiger partial charge in [-0.15, -0.1) is 0 Å². The number of hydrogen-bond acceptors (Lipinski definition) is 4. The molecule has 1 atom stereocenters.